The minimum absolute atomic E-state index is 0.150. The number of H-pyrrole nitrogens is 2. The maximum atomic E-state index is 13.2. The number of carbonyl (C=O) groups excluding carboxylic acids is 1. The van der Waals surface area contributed by atoms with E-state index in [0.29, 0.717) is 28.8 Å². The van der Waals surface area contributed by atoms with E-state index in [1.54, 1.807) is 30.3 Å². The fraction of sp³-hybridized carbons (Fsp3) is 0.0625. The molecule has 0 bridgehead atoms. The average molecular weight is 337 g/mol. The van der Waals surface area contributed by atoms with Gasteiger partial charge in [0.05, 0.1) is 0 Å². The number of aromatic nitrogens is 6. The van der Waals surface area contributed by atoms with Crippen LogP contribution in [0.25, 0.3) is 11.0 Å². The molecule has 0 saturated heterocycles. The Bertz CT molecular complexity index is 1060. The zero-order valence-electron chi connectivity index (χ0n) is 12.8. The monoisotopic (exact) mass is 337 g/mol. The maximum Gasteiger partial charge on any atom is 0.258 e. The Balaban J connectivity index is 1.47. The average Bonchev–Trinajstić information content (AvgIpc) is 3.23. The molecule has 3 N–H and O–H groups in total. The van der Waals surface area contributed by atoms with E-state index in [1.807, 2.05) is 0 Å². The molecule has 0 fully saturated rings. The van der Waals surface area contributed by atoms with E-state index in [1.165, 1.54) is 12.1 Å². The second-order valence-electron chi connectivity index (χ2n) is 5.39. The van der Waals surface area contributed by atoms with E-state index >= 15 is 0 Å². The number of hydrogen-bond donors (Lipinski definition) is 3. The van der Waals surface area contributed by atoms with E-state index in [-0.39, 0.29) is 17.7 Å². The van der Waals surface area contributed by atoms with Crippen molar-refractivity contribution in [3.63, 3.8) is 0 Å². The van der Waals surface area contributed by atoms with Crippen LogP contribution in [0.5, 0.6) is 0 Å². The third-order valence-electron chi connectivity index (χ3n) is 3.60. The molecular weight excluding hydrogens is 325 g/mol. The lowest BCUT2D eigenvalue weighted by atomic mass is 10.1. The van der Waals surface area contributed by atoms with Gasteiger partial charge in [-0.1, -0.05) is 12.1 Å². The maximum absolute atomic E-state index is 13.2. The van der Waals surface area contributed by atoms with Crippen molar-refractivity contribution in [2.24, 2.45) is 0 Å². The van der Waals surface area contributed by atoms with Crippen molar-refractivity contribution in [3.8, 4) is 0 Å². The Morgan fingerprint density at radius 2 is 1.96 bits per heavy atom. The van der Waals surface area contributed by atoms with Crippen LogP contribution in [0.3, 0.4) is 0 Å². The van der Waals surface area contributed by atoms with Gasteiger partial charge in [-0.25, -0.2) is 4.39 Å². The molecule has 25 heavy (non-hydrogen) atoms. The van der Waals surface area contributed by atoms with Crippen LogP contribution in [0, 0.1) is 5.82 Å². The Morgan fingerprint density at radius 3 is 2.84 bits per heavy atom. The molecule has 1 amide bonds. The van der Waals surface area contributed by atoms with Crippen LogP contribution >= 0.6 is 0 Å². The summed E-state index contributed by atoms with van der Waals surface area (Å²) < 4.78 is 13.2. The van der Waals surface area contributed by atoms with Crippen molar-refractivity contribution in [2.75, 3.05) is 5.32 Å². The van der Waals surface area contributed by atoms with Gasteiger partial charge in [0.1, 0.15) is 22.7 Å². The number of halogens is 1. The highest BCUT2D eigenvalue weighted by molar-refractivity contribution is 6.04. The van der Waals surface area contributed by atoms with E-state index in [0.717, 1.165) is 5.56 Å². The largest absolute Gasteiger partial charge is 0.289 e. The molecule has 4 rings (SSSR count). The highest BCUT2D eigenvalue weighted by atomic mass is 19.1. The predicted octanol–water partition coefficient (Wildman–Crippen LogP) is 2.06. The molecule has 4 aromatic rings. The first-order valence-electron chi connectivity index (χ1n) is 7.45. The third kappa shape index (κ3) is 3.20. The van der Waals surface area contributed by atoms with Crippen molar-refractivity contribution >= 4 is 22.9 Å². The molecule has 0 aliphatic heterocycles. The first-order chi connectivity index (χ1) is 12.2. The minimum atomic E-state index is -0.360. The molecule has 0 unspecified atom stereocenters. The first kappa shape index (κ1) is 14.9. The van der Waals surface area contributed by atoms with Crippen LogP contribution in [0.2, 0.25) is 0 Å². The second kappa shape index (κ2) is 6.11. The Kier molecular flexibility index (Phi) is 3.65. The smallest absolute Gasteiger partial charge is 0.258 e. The van der Waals surface area contributed by atoms with Crippen molar-refractivity contribution in [1.29, 1.82) is 0 Å². The van der Waals surface area contributed by atoms with Gasteiger partial charge in [-0.3, -0.25) is 15.2 Å². The Labute approximate surface area is 140 Å². The number of anilines is 1. The van der Waals surface area contributed by atoms with Gasteiger partial charge in [-0.2, -0.15) is 20.4 Å². The van der Waals surface area contributed by atoms with Gasteiger partial charge in [-0.15, -0.1) is 5.10 Å². The summed E-state index contributed by atoms with van der Waals surface area (Å²) >= 11 is 0. The summed E-state index contributed by atoms with van der Waals surface area (Å²) in [7, 11) is 0. The van der Waals surface area contributed by atoms with E-state index in [2.05, 4.69) is 35.9 Å². The van der Waals surface area contributed by atoms with Gasteiger partial charge in [0.2, 0.25) is 5.95 Å². The zero-order valence-corrected chi connectivity index (χ0v) is 12.8. The quantitative estimate of drug-likeness (QED) is 0.528. The molecule has 0 aliphatic rings. The zero-order chi connectivity index (χ0) is 17.2. The van der Waals surface area contributed by atoms with Crippen molar-refractivity contribution in [2.45, 2.75) is 6.42 Å². The van der Waals surface area contributed by atoms with Gasteiger partial charge in [0, 0.05) is 12.0 Å². The summed E-state index contributed by atoms with van der Waals surface area (Å²) in [6.07, 6.45) is 0.380. The molecule has 0 radical (unpaired) electrons. The lowest BCUT2D eigenvalue weighted by molar-refractivity contribution is 0.102. The number of hydrogen-bond acceptors (Lipinski definition) is 5. The fourth-order valence-corrected chi connectivity index (χ4v) is 2.43. The normalized spacial score (nSPS) is 10.9. The van der Waals surface area contributed by atoms with Gasteiger partial charge in [-0.05, 0) is 35.9 Å². The van der Waals surface area contributed by atoms with Crippen LogP contribution < -0.4 is 5.32 Å². The van der Waals surface area contributed by atoms with Crippen LogP contribution in [-0.2, 0) is 6.42 Å². The lowest BCUT2D eigenvalue weighted by Gasteiger charge is -2.00. The summed E-state index contributed by atoms with van der Waals surface area (Å²) in [6.45, 7) is 0. The minimum Gasteiger partial charge on any atom is -0.289 e. The molecule has 2 heterocycles. The van der Waals surface area contributed by atoms with Gasteiger partial charge in [0.15, 0.2) is 0 Å². The highest BCUT2D eigenvalue weighted by Crippen LogP contribution is 2.13. The Hall–Kier alpha value is -3.62. The van der Waals surface area contributed by atoms with Crippen molar-refractivity contribution in [1.82, 2.24) is 30.6 Å². The number of nitrogens with zero attached hydrogens (tertiary/aromatic N) is 4. The summed E-state index contributed by atoms with van der Waals surface area (Å²) in [5.41, 5.74) is 2.43. The number of amides is 1. The number of aromatic amines is 2. The van der Waals surface area contributed by atoms with E-state index in [9.17, 15) is 9.18 Å². The molecule has 0 saturated carbocycles. The number of rotatable bonds is 4. The molecule has 0 spiro atoms. The topological polar surface area (TPSA) is 112 Å². The van der Waals surface area contributed by atoms with Crippen LogP contribution in [-0.4, -0.2) is 36.5 Å². The number of carbonyl (C=O) groups is 1. The third-order valence-corrected chi connectivity index (χ3v) is 3.60. The van der Waals surface area contributed by atoms with Crippen LogP contribution in [0.15, 0.2) is 42.5 Å². The fourth-order valence-electron chi connectivity index (χ4n) is 2.43. The number of benzene rings is 2. The summed E-state index contributed by atoms with van der Waals surface area (Å²) in [4.78, 5) is 16.5. The van der Waals surface area contributed by atoms with Gasteiger partial charge < -0.3 is 0 Å². The molecule has 0 atom stereocenters. The standard InChI is InChI=1S/C16H12FN7O/c17-11-3-1-2-9(6-11)7-14-18-16(23-22-14)19-15(25)10-4-5-12-13(8-10)21-24-20-12/h1-6,8H,7H2,(H,20,21,24)(H2,18,19,22,23,25). The SMILES string of the molecule is O=C(Nc1n[nH]c(Cc2cccc(F)c2)n1)c1ccc2n[nH]nc2c1. The molecule has 2 aromatic carbocycles. The van der Waals surface area contributed by atoms with Crippen molar-refractivity contribution < 1.29 is 9.18 Å². The summed E-state index contributed by atoms with van der Waals surface area (Å²) in [6, 6.07) is 11.2. The van der Waals surface area contributed by atoms with Crippen LogP contribution in [0.4, 0.5) is 10.3 Å². The Morgan fingerprint density at radius 1 is 1.08 bits per heavy atom. The van der Waals surface area contributed by atoms with E-state index < -0.39 is 0 Å². The predicted molar refractivity (Wildman–Crippen MR) is 87.4 cm³/mol. The van der Waals surface area contributed by atoms with Crippen molar-refractivity contribution in [3.05, 3.63) is 65.2 Å². The number of fused-ring (bicyclic) bond motifs is 1. The molecule has 9 heteroatoms. The highest BCUT2D eigenvalue weighted by Gasteiger charge is 2.12. The number of nitrogens with one attached hydrogen (secondary N) is 3. The molecule has 2 aromatic heterocycles. The lowest BCUT2D eigenvalue weighted by Crippen LogP contribution is -2.13. The summed E-state index contributed by atoms with van der Waals surface area (Å²) in [5, 5.41) is 19.7. The van der Waals surface area contributed by atoms with Gasteiger partial charge in [0.25, 0.3) is 5.91 Å². The summed E-state index contributed by atoms with van der Waals surface area (Å²) in [5.74, 6) is -0.000462. The molecular formula is C16H12FN7O. The van der Waals surface area contributed by atoms with Crippen LogP contribution in [0.1, 0.15) is 21.7 Å². The van der Waals surface area contributed by atoms with Gasteiger partial charge >= 0.3 is 0 Å². The molecule has 0 aliphatic carbocycles. The first-order valence-corrected chi connectivity index (χ1v) is 7.45. The molecule has 124 valence electrons. The second-order valence-corrected chi connectivity index (χ2v) is 5.39. The van der Waals surface area contributed by atoms with E-state index in [4.69, 9.17) is 0 Å². The molecule has 8 nitrogen and oxygen atoms in total.